The normalized spacial score (nSPS) is 18.6. The number of methoxy groups -OCH3 is 1. The molecule has 96 valence electrons. The molecule has 16 heavy (non-hydrogen) atoms. The third-order valence-corrected chi connectivity index (χ3v) is 4.12. The van der Waals surface area contributed by atoms with Crippen LogP contribution in [0.3, 0.4) is 0 Å². The van der Waals surface area contributed by atoms with E-state index in [-0.39, 0.29) is 5.60 Å². The maximum atomic E-state index is 5.49. The maximum Gasteiger partial charge on any atom is 0.0634 e. The zero-order valence-corrected chi connectivity index (χ0v) is 12.6. The average molecular weight is 292 g/mol. The van der Waals surface area contributed by atoms with E-state index in [1.807, 2.05) is 7.11 Å². The highest BCUT2D eigenvalue weighted by molar-refractivity contribution is 9.09. The lowest BCUT2D eigenvalue weighted by atomic mass is 10.0. The van der Waals surface area contributed by atoms with Gasteiger partial charge in [-0.25, -0.2) is 0 Å². The molecule has 0 saturated heterocycles. The van der Waals surface area contributed by atoms with Gasteiger partial charge in [0.05, 0.1) is 5.60 Å². The molecule has 0 N–H and O–H groups in total. The van der Waals surface area contributed by atoms with Crippen molar-refractivity contribution in [2.24, 2.45) is 0 Å². The number of nitrogens with zero attached hydrogens (tertiary/aromatic N) is 1. The van der Waals surface area contributed by atoms with E-state index in [4.69, 9.17) is 4.74 Å². The molecule has 1 saturated carbocycles. The molecule has 0 radical (unpaired) electrons. The minimum Gasteiger partial charge on any atom is -0.379 e. The summed E-state index contributed by atoms with van der Waals surface area (Å²) in [4.78, 5) is 2.64. The fourth-order valence-electron chi connectivity index (χ4n) is 2.37. The van der Waals surface area contributed by atoms with Gasteiger partial charge < -0.3 is 4.74 Å². The molecule has 0 amide bonds. The molecule has 0 aliphatic heterocycles. The number of hydrogen-bond acceptors (Lipinski definition) is 2. The zero-order chi connectivity index (χ0) is 12.0. The predicted octanol–water partition coefficient (Wildman–Crippen LogP) is 3.44. The van der Waals surface area contributed by atoms with Gasteiger partial charge in [0.15, 0.2) is 0 Å². The summed E-state index contributed by atoms with van der Waals surface area (Å²) in [7, 11) is 1.81. The van der Waals surface area contributed by atoms with Gasteiger partial charge in [-0.3, -0.25) is 4.90 Å². The van der Waals surface area contributed by atoms with Gasteiger partial charge in [-0.1, -0.05) is 28.8 Å². The molecular weight excluding hydrogens is 266 g/mol. The van der Waals surface area contributed by atoms with E-state index in [1.165, 1.54) is 32.2 Å². The first-order valence-electron chi connectivity index (χ1n) is 6.44. The molecule has 0 atom stereocenters. The van der Waals surface area contributed by atoms with Gasteiger partial charge in [0, 0.05) is 31.6 Å². The largest absolute Gasteiger partial charge is 0.379 e. The second-order valence-corrected chi connectivity index (χ2v) is 6.17. The molecular formula is C13H26BrNO. The number of halogens is 1. The quantitative estimate of drug-likeness (QED) is 0.666. The molecule has 0 spiro atoms. The average Bonchev–Trinajstić information content (AvgIpc) is 2.77. The molecule has 0 bridgehead atoms. The van der Waals surface area contributed by atoms with Crippen molar-refractivity contribution in [1.29, 1.82) is 0 Å². The van der Waals surface area contributed by atoms with Crippen LogP contribution < -0.4 is 0 Å². The van der Waals surface area contributed by atoms with Gasteiger partial charge >= 0.3 is 0 Å². The highest BCUT2D eigenvalue weighted by Gasteiger charge is 2.24. The van der Waals surface area contributed by atoms with Gasteiger partial charge in [0.25, 0.3) is 0 Å². The van der Waals surface area contributed by atoms with Crippen molar-refractivity contribution in [1.82, 2.24) is 4.90 Å². The molecule has 1 rings (SSSR count). The molecule has 0 aromatic carbocycles. The van der Waals surface area contributed by atoms with Crippen molar-refractivity contribution in [3.05, 3.63) is 0 Å². The van der Waals surface area contributed by atoms with Crippen LogP contribution >= 0.6 is 15.9 Å². The molecule has 0 unspecified atom stereocenters. The summed E-state index contributed by atoms with van der Waals surface area (Å²) in [6.07, 6.45) is 6.72. The second kappa shape index (κ2) is 6.97. The van der Waals surface area contributed by atoms with E-state index in [2.05, 4.69) is 34.7 Å². The van der Waals surface area contributed by atoms with Crippen LogP contribution in [0.5, 0.6) is 0 Å². The Morgan fingerprint density at radius 2 is 1.88 bits per heavy atom. The number of rotatable bonds is 7. The summed E-state index contributed by atoms with van der Waals surface area (Å²) in [6, 6.07) is 0.824. The Hall–Kier alpha value is 0.400. The fourth-order valence-corrected chi connectivity index (χ4v) is 2.83. The molecule has 1 fully saturated rings. The molecule has 0 aromatic heterocycles. The summed E-state index contributed by atoms with van der Waals surface area (Å²) < 4.78 is 5.49. The standard InChI is InChI=1S/C13H26BrNO/c1-13(2,16-3)8-10-15(11-9-14)12-6-4-5-7-12/h12H,4-11H2,1-3H3. The molecule has 1 aliphatic rings. The van der Waals surface area contributed by atoms with E-state index < -0.39 is 0 Å². The molecule has 1 aliphatic carbocycles. The third-order valence-electron chi connectivity index (χ3n) is 3.77. The smallest absolute Gasteiger partial charge is 0.0634 e. The lowest BCUT2D eigenvalue weighted by Gasteiger charge is -2.32. The van der Waals surface area contributed by atoms with Crippen LogP contribution in [-0.4, -0.2) is 42.1 Å². The summed E-state index contributed by atoms with van der Waals surface area (Å²) in [6.45, 7) is 6.68. The monoisotopic (exact) mass is 291 g/mol. The Bertz CT molecular complexity index is 190. The van der Waals surface area contributed by atoms with Crippen molar-refractivity contribution in [2.45, 2.75) is 57.6 Å². The molecule has 3 heteroatoms. The van der Waals surface area contributed by atoms with E-state index in [0.717, 1.165) is 24.3 Å². The highest BCUT2D eigenvalue weighted by Crippen LogP contribution is 2.25. The Labute approximate surface area is 109 Å². The number of hydrogen-bond donors (Lipinski definition) is 0. The van der Waals surface area contributed by atoms with Gasteiger partial charge in [0.2, 0.25) is 0 Å². The van der Waals surface area contributed by atoms with Crippen LogP contribution in [0.2, 0.25) is 0 Å². The fraction of sp³-hybridized carbons (Fsp3) is 1.00. The SMILES string of the molecule is COC(C)(C)CCN(CCBr)C1CCCC1. The zero-order valence-electron chi connectivity index (χ0n) is 11.0. The van der Waals surface area contributed by atoms with Gasteiger partial charge in [0.1, 0.15) is 0 Å². The molecule has 2 nitrogen and oxygen atoms in total. The van der Waals surface area contributed by atoms with Crippen molar-refractivity contribution >= 4 is 15.9 Å². The van der Waals surface area contributed by atoms with Gasteiger partial charge in [-0.2, -0.15) is 0 Å². The first-order chi connectivity index (χ1) is 7.59. The summed E-state index contributed by atoms with van der Waals surface area (Å²) in [5.74, 6) is 0. The van der Waals surface area contributed by atoms with Crippen LogP contribution in [0, 0.1) is 0 Å². The lowest BCUT2D eigenvalue weighted by molar-refractivity contribution is 0.00469. The Balaban J connectivity index is 2.38. The molecule has 0 aromatic rings. The van der Waals surface area contributed by atoms with Crippen LogP contribution in [0.4, 0.5) is 0 Å². The summed E-state index contributed by atoms with van der Waals surface area (Å²) in [5.41, 5.74) is 0.0170. The van der Waals surface area contributed by atoms with Crippen LogP contribution in [0.15, 0.2) is 0 Å². The van der Waals surface area contributed by atoms with Crippen LogP contribution in [0.25, 0.3) is 0 Å². The van der Waals surface area contributed by atoms with Crippen LogP contribution in [0.1, 0.15) is 46.0 Å². The van der Waals surface area contributed by atoms with Gasteiger partial charge in [-0.05, 0) is 33.1 Å². The number of alkyl halides is 1. The van der Waals surface area contributed by atoms with Crippen molar-refractivity contribution in [2.75, 3.05) is 25.5 Å². The van der Waals surface area contributed by atoms with Crippen molar-refractivity contribution in [3.63, 3.8) is 0 Å². The van der Waals surface area contributed by atoms with Crippen molar-refractivity contribution < 1.29 is 4.74 Å². The minimum absolute atomic E-state index is 0.0170. The Morgan fingerprint density at radius 3 is 2.38 bits per heavy atom. The summed E-state index contributed by atoms with van der Waals surface area (Å²) >= 11 is 3.56. The van der Waals surface area contributed by atoms with E-state index in [0.29, 0.717) is 0 Å². The first kappa shape index (κ1) is 14.5. The van der Waals surface area contributed by atoms with Gasteiger partial charge in [-0.15, -0.1) is 0 Å². The lowest BCUT2D eigenvalue weighted by Crippen LogP contribution is -2.39. The van der Waals surface area contributed by atoms with E-state index >= 15 is 0 Å². The second-order valence-electron chi connectivity index (χ2n) is 5.38. The maximum absolute atomic E-state index is 5.49. The van der Waals surface area contributed by atoms with Crippen LogP contribution in [-0.2, 0) is 4.74 Å². The number of ether oxygens (including phenoxy) is 1. The summed E-state index contributed by atoms with van der Waals surface area (Å²) in [5, 5.41) is 1.08. The van der Waals surface area contributed by atoms with Crippen molar-refractivity contribution in [3.8, 4) is 0 Å². The topological polar surface area (TPSA) is 12.5 Å². The third kappa shape index (κ3) is 4.72. The highest BCUT2D eigenvalue weighted by atomic mass is 79.9. The predicted molar refractivity (Wildman–Crippen MR) is 73.3 cm³/mol. The Morgan fingerprint density at radius 1 is 1.25 bits per heavy atom. The Kier molecular flexibility index (Phi) is 6.30. The first-order valence-corrected chi connectivity index (χ1v) is 7.56. The van der Waals surface area contributed by atoms with E-state index in [1.54, 1.807) is 0 Å². The van der Waals surface area contributed by atoms with E-state index in [9.17, 15) is 0 Å². The molecule has 0 heterocycles. The minimum atomic E-state index is 0.0170.